The highest BCUT2D eigenvalue weighted by molar-refractivity contribution is 7.17. The van der Waals surface area contributed by atoms with Crippen molar-refractivity contribution in [2.45, 2.75) is 102 Å². The van der Waals surface area contributed by atoms with E-state index in [4.69, 9.17) is 0 Å². The maximum Gasteiger partial charge on any atom is 0.107 e. The Morgan fingerprint density at radius 1 is 0.913 bits per heavy atom. The van der Waals surface area contributed by atoms with Crippen molar-refractivity contribution in [3.05, 3.63) is 0 Å². The molecule has 0 nitrogen and oxygen atoms in total. The van der Waals surface area contributed by atoms with Crippen LogP contribution in [0.1, 0.15) is 84.5 Å². The molecule has 0 heterocycles. The normalized spacial score (nSPS) is 40.0. The molecule has 0 N–H and O–H groups in total. The van der Waals surface area contributed by atoms with Crippen molar-refractivity contribution in [2.24, 2.45) is 23.7 Å². The average Bonchev–Trinajstić information content (AvgIpc) is 2.54. The van der Waals surface area contributed by atoms with Crippen molar-refractivity contribution in [3.8, 4) is 0 Å². The van der Waals surface area contributed by atoms with E-state index in [1.54, 1.807) is 0 Å². The average molecular weight is 346 g/mol. The molecule has 8 unspecified atom stereocenters. The molecule has 2 saturated carbocycles. The van der Waals surface area contributed by atoms with Gasteiger partial charge in [0.1, 0.15) is 12.3 Å². The van der Waals surface area contributed by atoms with Gasteiger partial charge >= 0.3 is 0 Å². The highest BCUT2D eigenvalue weighted by Gasteiger charge is 2.40. The maximum atomic E-state index is 14.9. The summed E-state index contributed by atoms with van der Waals surface area (Å²) in [4.78, 5) is 0. The molecule has 2 aliphatic carbocycles. The fourth-order valence-electron chi connectivity index (χ4n) is 5.14. The van der Waals surface area contributed by atoms with Crippen LogP contribution < -0.4 is 0 Å². The van der Waals surface area contributed by atoms with Gasteiger partial charge in [0.15, 0.2) is 0 Å². The quantitative estimate of drug-likeness (QED) is 0.448. The van der Waals surface area contributed by atoms with Gasteiger partial charge in [0.25, 0.3) is 0 Å². The van der Waals surface area contributed by atoms with E-state index >= 15 is 0 Å². The van der Waals surface area contributed by atoms with E-state index in [-0.39, 0.29) is 17.5 Å². The van der Waals surface area contributed by atoms with Crippen molar-refractivity contribution < 1.29 is 8.78 Å². The zero-order chi connectivity index (χ0) is 16.8. The molecule has 23 heavy (non-hydrogen) atoms. The molecule has 0 aromatic rings. The molecule has 0 bridgehead atoms. The first-order valence-electron chi connectivity index (χ1n) is 10.1. The summed E-state index contributed by atoms with van der Waals surface area (Å²) in [5.74, 6) is 1.72. The van der Waals surface area contributed by atoms with E-state index in [2.05, 4.69) is 23.1 Å². The van der Waals surface area contributed by atoms with Crippen LogP contribution in [0.25, 0.3) is 0 Å². The SMILES string of the molecule is CCCCC(CCC)C1CCC(C2CCC(P)C(F)C2)C(F)C1. The van der Waals surface area contributed by atoms with Crippen molar-refractivity contribution in [2.75, 3.05) is 0 Å². The lowest BCUT2D eigenvalue weighted by molar-refractivity contribution is 0.0332. The molecule has 0 aromatic carbocycles. The summed E-state index contributed by atoms with van der Waals surface area (Å²) in [6.07, 6.45) is 10.3. The standard InChI is InChI=1S/C20H37F2P/c1-3-5-7-14(6-4-2)15-8-10-17(18(21)12-15)16-9-11-20(23)19(22)13-16/h14-20H,3-13,23H2,1-2H3. The molecule has 0 aromatic heterocycles. The lowest BCUT2D eigenvalue weighted by atomic mass is 9.66. The zero-order valence-corrected chi connectivity index (χ0v) is 16.3. The van der Waals surface area contributed by atoms with Crippen LogP contribution in [0.5, 0.6) is 0 Å². The van der Waals surface area contributed by atoms with Crippen molar-refractivity contribution in [1.29, 1.82) is 0 Å². The van der Waals surface area contributed by atoms with E-state index in [0.29, 0.717) is 12.3 Å². The minimum Gasteiger partial charge on any atom is -0.247 e. The molecule has 3 heteroatoms. The summed E-state index contributed by atoms with van der Waals surface area (Å²) in [5.41, 5.74) is 0.101. The molecule has 2 aliphatic rings. The van der Waals surface area contributed by atoms with Gasteiger partial charge in [0, 0.05) is 5.66 Å². The van der Waals surface area contributed by atoms with Crippen molar-refractivity contribution in [1.82, 2.24) is 0 Å². The highest BCUT2D eigenvalue weighted by Crippen LogP contribution is 2.46. The van der Waals surface area contributed by atoms with Crippen LogP contribution in [-0.4, -0.2) is 18.0 Å². The molecular formula is C20H37F2P. The zero-order valence-electron chi connectivity index (χ0n) is 15.2. The molecule has 0 spiro atoms. The second kappa shape index (κ2) is 9.69. The fourth-order valence-corrected chi connectivity index (χ4v) is 5.49. The first-order valence-corrected chi connectivity index (χ1v) is 10.8. The Labute approximate surface area is 144 Å². The van der Waals surface area contributed by atoms with Gasteiger partial charge in [-0.1, -0.05) is 46.0 Å². The third-order valence-electron chi connectivity index (χ3n) is 6.59. The van der Waals surface area contributed by atoms with Crippen molar-refractivity contribution >= 4 is 9.24 Å². The van der Waals surface area contributed by atoms with Crippen molar-refractivity contribution in [3.63, 3.8) is 0 Å². The molecule has 2 rings (SSSR count). The van der Waals surface area contributed by atoms with Crippen LogP contribution in [0.2, 0.25) is 0 Å². The van der Waals surface area contributed by atoms with E-state index in [9.17, 15) is 8.78 Å². The van der Waals surface area contributed by atoms with Crippen LogP contribution in [0.15, 0.2) is 0 Å². The summed E-state index contributed by atoms with van der Waals surface area (Å²) in [5, 5.41) is 0. The molecule has 0 aliphatic heterocycles. The van der Waals surface area contributed by atoms with Crippen LogP contribution in [0.3, 0.4) is 0 Å². The Morgan fingerprint density at radius 3 is 2.30 bits per heavy atom. The smallest absolute Gasteiger partial charge is 0.107 e. The topological polar surface area (TPSA) is 0 Å². The number of halogens is 2. The fraction of sp³-hybridized carbons (Fsp3) is 1.00. The van der Waals surface area contributed by atoms with E-state index < -0.39 is 12.3 Å². The van der Waals surface area contributed by atoms with Gasteiger partial charge in [-0.05, 0) is 62.2 Å². The Morgan fingerprint density at radius 2 is 1.70 bits per heavy atom. The van der Waals surface area contributed by atoms with E-state index in [1.807, 2.05) is 0 Å². The van der Waals surface area contributed by atoms with Gasteiger partial charge in [0.2, 0.25) is 0 Å². The first-order chi connectivity index (χ1) is 11.1. The monoisotopic (exact) mass is 346 g/mol. The maximum absolute atomic E-state index is 14.9. The van der Waals surface area contributed by atoms with Gasteiger partial charge in [-0.25, -0.2) is 8.78 Å². The molecule has 8 atom stereocenters. The summed E-state index contributed by atoms with van der Waals surface area (Å²) in [6, 6.07) is 0. The summed E-state index contributed by atoms with van der Waals surface area (Å²) in [6.45, 7) is 4.49. The summed E-state index contributed by atoms with van der Waals surface area (Å²) in [7, 11) is 2.64. The van der Waals surface area contributed by atoms with E-state index in [0.717, 1.165) is 31.6 Å². The number of rotatable bonds is 7. The van der Waals surface area contributed by atoms with Gasteiger partial charge in [0.05, 0.1) is 0 Å². The predicted octanol–water partition coefficient (Wildman–Crippen LogP) is 6.73. The number of hydrogen-bond donors (Lipinski definition) is 0. The number of alkyl halides is 2. The second-order valence-corrected chi connectivity index (χ2v) is 9.05. The Hall–Kier alpha value is 0.290. The second-order valence-electron chi connectivity index (χ2n) is 8.20. The molecule has 136 valence electrons. The predicted molar refractivity (Wildman–Crippen MR) is 99.4 cm³/mol. The van der Waals surface area contributed by atoms with Gasteiger partial charge in [-0.3, -0.25) is 0 Å². The number of unbranched alkanes of at least 4 members (excludes halogenated alkanes) is 1. The van der Waals surface area contributed by atoms with Gasteiger partial charge in [-0.15, -0.1) is 9.24 Å². The van der Waals surface area contributed by atoms with Crippen LogP contribution in [-0.2, 0) is 0 Å². The van der Waals surface area contributed by atoms with E-state index in [1.165, 1.54) is 38.5 Å². The minimum absolute atomic E-state index is 0.101. The lowest BCUT2D eigenvalue weighted by Crippen LogP contribution is -2.38. The summed E-state index contributed by atoms with van der Waals surface area (Å²) < 4.78 is 28.9. The highest BCUT2D eigenvalue weighted by atomic mass is 31.0. The molecule has 0 amide bonds. The molecule has 2 fully saturated rings. The Bertz CT molecular complexity index is 336. The van der Waals surface area contributed by atoms with Crippen LogP contribution in [0.4, 0.5) is 8.78 Å². The van der Waals surface area contributed by atoms with Crippen LogP contribution >= 0.6 is 9.24 Å². The Balaban J connectivity index is 1.88. The largest absolute Gasteiger partial charge is 0.247 e. The molecular weight excluding hydrogens is 309 g/mol. The Kier molecular flexibility index (Phi) is 8.26. The molecule has 0 radical (unpaired) electrons. The lowest BCUT2D eigenvalue weighted by Gasteiger charge is -2.42. The summed E-state index contributed by atoms with van der Waals surface area (Å²) >= 11 is 0. The van der Waals surface area contributed by atoms with Gasteiger partial charge < -0.3 is 0 Å². The van der Waals surface area contributed by atoms with Gasteiger partial charge in [-0.2, -0.15) is 0 Å². The molecule has 0 saturated heterocycles. The minimum atomic E-state index is -0.735. The van der Waals surface area contributed by atoms with Crippen LogP contribution in [0, 0.1) is 23.7 Å². The third-order valence-corrected chi connectivity index (χ3v) is 7.34. The number of hydrogen-bond acceptors (Lipinski definition) is 0. The third kappa shape index (κ3) is 5.38. The first kappa shape index (κ1) is 19.6.